The van der Waals surface area contributed by atoms with E-state index in [1.54, 1.807) is 12.1 Å². The van der Waals surface area contributed by atoms with Crippen LogP contribution in [0.4, 0.5) is 10.1 Å². The Kier molecular flexibility index (Phi) is 3.61. The van der Waals surface area contributed by atoms with E-state index in [1.807, 2.05) is 6.92 Å². The molecule has 0 aliphatic carbocycles. The van der Waals surface area contributed by atoms with Gasteiger partial charge in [0.2, 0.25) is 0 Å². The molecule has 1 heterocycles. The number of rotatable bonds is 4. The summed E-state index contributed by atoms with van der Waals surface area (Å²) < 4.78 is 41.7. The Balaban J connectivity index is 2.20. The highest BCUT2D eigenvalue weighted by Gasteiger charge is 2.11. The van der Waals surface area contributed by atoms with E-state index in [2.05, 4.69) is 5.32 Å². The lowest BCUT2D eigenvalue weighted by molar-refractivity contribution is 0.490. The van der Waals surface area contributed by atoms with Crippen LogP contribution in [-0.2, 0) is 16.4 Å². The number of nitrogens with one attached hydrogen (secondary N) is 1. The predicted octanol–water partition coefficient (Wildman–Crippen LogP) is 2.74. The second kappa shape index (κ2) is 5.05. The molecule has 0 radical (unpaired) electrons. The number of hydrogen-bond acceptors (Lipinski definition) is 4. The molecule has 2 aromatic rings. The van der Waals surface area contributed by atoms with E-state index in [0.29, 0.717) is 5.76 Å². The van der Waals surface area contributed by atoms with Gasteiger partial charge in [-0.25, -0.2) is 12.8 Å². The first kappa shape index (κ1) is 13.6. The molecule has 1 aromatic carbocycles. The number of furan rings is 1. The average Bonchev–Trinajstić information content (AvgIpc) is 2.72. The van der Waals surface area contributed by atoms with E-state index in [9.17, 15) is 12.8 Å². The van der Waals surface area contributed by atoms with Gasteiger partial charge in [-0.05, 0) is 37.3 Å². The van der Waals surface area contributed by atoms with Crippen molar-refractivity contribution in [2.75, 3.05) is 11.6 Å². The summed E-state index contributed by atoms with van der Waals surface area (Å²) in [5.41, 5.74) is 0.136. The van der Waals surface area contributed by atoms with E-state index in [0.717, 1.165) is 18.1 Å². The first-order chi connectivity index (χ1) is 8.86. The summed E-state index contributed by atoms with van der Waals surface area (Å²) in [6.07, 6.45) is 1.08. The van der Waals surface area contributed by atoms with Gasteiger partial charge in [0.05, 0.1) is 17.1 Å². The maximum Gasteiger partial charge on any atom is 0.175 e. The fourth-order valence-electron chi connectivity index (χ4n) is 1.63. The van der Waals surface area contributed by atoms with Crippen LogP contribution in [0.25, 0.3) is 0 Å². The molecule has 1 aromatic heterocycles. The number of halogens is 1. The quantitative estimate of drug-likeness (QED) is 0.876. The van der Waals surface area contributed by atoms with Crippen molar-refractivity contribution >= 4 is 15.5 Å². The van der Waals surface area contributed by atoms with E-state index < -0.39 is 15.7 Å². The van der Waals surface area contributed by atoms with Crippen molar-refractivity contribution in [3.05, 3.63) is 47.7 Å². The summed E-state index contributed by atoms with van der Waals surface area (Å²) in [7, 11) is -3.35. The van der Waals surface area contributed by atoms with Gasteiger partial charge in [-0.2, -0.15) is 0 Å². The van der Waals surface area contributed by atoms with Crippen LogP contribution in [0, 0.1) is 12.7 Å². The summed E-state index contributed by atoms with van der Waals surface area (Å²) >= 11 is 0. The van der Waals surface area contributed by atoms with Gasteiger partial charge in [-0.1, -0.05) is 0 Å². The van der Waals surface area contributed by atoms with Gasteiger partial charge < -0.3 is 9.73 Å². The molecule has 1 N–H and O–H groups in total. The molecule has 102 valence electrons. The van der Waals surface area contributed by atoms with Crippen LogP contribution in [0.1, 0.15) is 11.5 Å². The molecular formula is C13H14FNO3S. The van der Waals surface area contributed by atoms with Gasteiger partial charge >= 0.3 is 0 Å². The van der Waals surface area contributed by atoms with Gasteiger partial charge in [0.1, 0.15) is 17.3 Å². The fourth-order valence-corrected chi connectivity index (χ4v) is 2.28. The van der Waals surface area contributed by atoms with E-state index >= 15 is 0 Å². The second-order valence-electron chi connectivity index (χ2n) is 4.28. The average molecular weight is 283 g/mol. The van der Waals surface area contributed by atoms with Gasteiger partial charge in [0, 0.05) is 6.26 Å². The number of anilines is 1. The van der Waals surface area contributed by atoms with Gasteiger partial charge in [0.25, 0.3) is 0 Å². The summed E-state index contributed by atoms with van der Waals surface area (Å²) in [6.45, 7) is 2.10. The molecule has 0 spiro atoms. The molecule has 0 amide bonds. The van der Waals surface area contributed by atoms with E-state index in [-0.39, 0.29) is 17.1 Å². The Labute approximate surface area is 111 Å². The predicted molar refractivity (Wildman–Crippen MR) is 70.3 cm³/mol. The highest BCUT2D eigenvalue weighted by molar-refractivity contribution is 7.90. The maximum absolute atomic E-state index is 13.6. The van der Waals surface area contributed by atoms with E-state index in [1.165, 1.54) is 12.1 Å². The van der Waals surface area contributed by atoms with Crippen LogP contribution in [0.3, 0.4) is 0 Å². The molecule has 0 saturated carbocycles. The Morgan fingerprint density at radius 1 is 1.26 bits per heavy atom. The topological polar surface area (TPSA) is 59.3 Å². The molecule has 0 unspecified atom stereocenters. The van der Waals surface area contributed by atoms with Crippen molar-refractivity contribution in [3.63, 3.8) is 0 Å². The van der Waals surface area contributed by atoms with Crippen molar-refractivity contribution in [2.24, 2.45) is 0 Å². The minimum Gasteiger partial charge on any atom is -0.465 e. The Bertz CT molecular complexity index is 692. The summed E-state index contributed by atoms with van der Waals surface area (Å²) in [6, 6.07) is 7.24. The van der Waals surface area contributed by atoms with Crippen LogP contribution in [-0.4, -0.2) is 14.7 Å². The van der Waals surface area contributed by atoms with Crippen LogP contribution in [0.2, 0.25) is 0 Å². The molecule has 6 heteroatoms. The maximum atomic E-state index is 13.6. The molecule has 4 nitrogen and oxygen atoms in total. The molecule has 0 aliphatic heterocycles. The fraction of sp³-hybridized carbons (Fsp3) is 0.231. The van der Waals surface area contributed by atoms with Crippen LogP contribution in [0.5, 0.6) is 0 Å². The zero-order valence-corrected chi connectivity index (χ0v) is 11.4. The molecule has 19 heavy (non-hydrogen) atoms. The van der Waals surface area contributed by atoms with Gasteiger partial charge in [-0.15, -0.1) is 0 Å². The highest BCUT2D eigenvalue weighted by Crippen LogP contribution is 2.20. The molecule has 2 rings (SSSR count). The SMILES string of the molecule is Cc1ccc(CNc2cc(S(C)(=O)=O)ccc2F)o1. The Morgan fingerprint density at radius 2 is 2.00 bits per heavy atom. The van der Waals surface area contributed by atoms with Crippen molar-refractivity contribution in [1.29, 1.82) is 0 Å². The molecule has 0 bridgehead atoms. The lowest BCUT2D eigenvalue weighted by atomic mass is 10.3. The number of sulfone groups is 1. The minimum atomic E-state index is -3.35. The van der Waals surface area contributed by atoms with E-state index in [4.69, 9.17) is 4.42 Å². The number of hydrogen-bond donors (Lipinski definition) is 1. The van der Waals surface area contributed by atoms with Crippen LogP contribution in [0.15, 0.2) is 39.6 Å². The third kappa shape index (κ3) is 3.35. The third-order valence-corrected chi connectivity index (χ3v) is 3.73. The summed E-state index contributed by atoms with van der Waals surface area (Å²) in [4.78, 5) is 0.0759. The van der Waals surface area contributed by atoms with Crippen molar-refractivity contribution in [2.45, 2.75) is 18.4 Å². The summed E-state index contributed by atoms with van der Waals surface area (Å²) in [5.74, 6) is 0.916. The smallest absolute Gasteiger partial charge is 0.175 e. The Morgan fingerprint density at radius 3 is 2.58 bits per heavy atom. The number of benzene rings is 1. The van der Waals surface area contributed by atoms with Crippen molar-refractivity contribution in [3.8, 4) is 0 Å². The minimum absolute atomic E-state index is 0.0759. The van der Waals surface area contributed by atoms with Crippen LogP contribution < -0.4 is 5.32 Å². The van der Waals surface area contributed by atoms with Crippen LogP contribution >= 0.6 is 0 Å². The Hall–Kier alpha value is -1.82. The van der Waals surface area contributed by atoms with Crippen molar-refractivity contribution in [1.82, 2.24) is 0 Å². The molecule has 0 aliphatic rings. The monoisotopic (exact) mass is 283 g/mol. The second-order valence-corrected chi connectivity index (χ2v) is 6.30. The highest BCUT2D eigenvalue weighted by atomic mass is 32.2. The largest absolute Gasteiger partial charge is 0.465 e. The lowest BCUT2D eigenvalue weighted by Gasteiger charge is -2.07. The third-order valence-electron chi connectivity index (χ3n) is 2.62. The zero-order valence-electron chi connectivity index (χ0n) is 10.6. The lowest BCUT2D eigenvalue weighted by Crippen LogP contribution is -2.03. The molecule has 0 atom stereocenters. The summed E-state index contributed by atoms with van der Waals surface area (Å²) in [5, 5.41) is 2.82. The number of aryl methyl sites for hydroxylation is 1. The first-order valence-electron chi connectivity index (χ1n) is 5.65. The first-order valence-corrected chi connectivity index (χ1v) is 7.54. The molecular weight excluding hydrogens is 269 g/mol. The molecule has 0 fully saturated rings. The van der Waals surface area contributed by atoms with Gasteiger partial charge in [0.15, 0.2) is 9.84 Å². The van der Waals surface area contributed by atoms with Gasteiger partial charge in [-0.3, -0.25) is 0 Å². The molecule has 0 saturated heterocycles. The standard InChI is InChI=1S/C13H14FNO3S/c1-9-3-4-10(18-9)8-15-13-7-11(19(2,16)17)5-6-12(13)14/h3-7,15H,8H2,1-2H3. The normalized spacial score (nSPS) is 11.5. The zero-order chi connectivity index (χ0) is 14.0. The van der Waals surface area contributed by atoms with Crippen molar-refractivity contribution < 1.29 is 17.2 Å².